The third kappa shape index (κ3) is 5.49. The summed E-state index contributed by atoms with van der Waals surface area (Å²) in [4.78, 5) is 23.4. The Balaban J connectivity index is 1.27. The number of likely N-dealkylation sites (tertiary alicyclic amines) is 2. The molecule has 216 valence electrons. The maximum atomic E-state index is 14.3. The van der Waals surface area contributed by atoms with Crippen LogP contribution in [0.25, 0.3) is 0 Å². The fraction of sp³-hybridized carbons (Fsp3) is 0.424. The van der Waals surface area contributed by atoms with Crippen LogP contribution in [0.1, 0.15) is 42.9 Å². The van der Waals surface area contributed by atoms with Crippen molar-refractivity contribution in [1.82, 2.24) is 14.7 Å². The molecular weight excluding hydrogens is 555 g/mol. The Kier molecular flexibility index (Phi) is 8.57. The minimum Gasteiger partial charge on any atom is -0.395 e. The average molecular weight is 594 g/mol. The van der Waals surface area contributed by atoms with Gasteiger partial charge in [-0.05, 0) is 67.6 Å². The SMILES string of the molecule is O=C1N(CCN2CCC[C@@H]2CO)CN(c2ccccc2)C12CCN(C(c1ccccc1Cl)c1ccccc1Cl)CC2. The van der Waals surface area contributed by atoms with Crippen LogP contribution in [0, 0.1) is 0 Å². The number of para-hydroxylation sites is 1. The Morgan fingerprint density at radius 3 is 2.05 bits per heavy atom. The lowest BCUT2D eigenvalue weighted by molar-refractivity contribution is -0.134. The minimum absolute atomic E-state index is 0.0990. The second-order valence-electron chi connectivity index (χ2n) is 11.5. The number of piperidine rings is 1. The number of benzene rings is 3. The normalized spacial score (nSPS) is 21.5. The van der Waals surface area contributed by atoms with Crippen molar-refractivity contribution < 1.29 is 9.90 Å². The summed E-state index contributed by atoms with van der Waals surface area (Å²) >= 11 is 13.5. The Morgan fingerprint density at radius 1 is 0.829 bits per heavy atom. The van der Waals surface area contributed by atoms with Gasteiger partial charge in [0.25, 0.3) is 0 Å². The predicted octanol–water partition coefficient (Wildman–Crippen LogP) is 5.68. The molecule has 0 bridgehead atoms. The lowest BCUT2D eigenvalue weighted by Gasteiger charge is -2.46. The molecule has 3 aliphatic heterocycles. The van der Waals surface area contributed by atoms with Crippen molar-refractivity contribution in [1.29, 1.82) is 0 Å². The second-order valence-corrected chi connectivity index (χ2v) is 12.3. The van der Waals surface area contributed by atoms with Gasteiger partial charge in [-0.25, -0.2) is 0 Å². The van der Waals surface area contributed by atoms with E-state index in [-0.39, 0.29) is 24.6 Å². The van der Waals surface area contributed by atoms with E-state index < -0.39 is 5.54 Å². The Hall–Kier alpha value is -2.61. The molecular formula is C33H38Cl2N4O2. The highest BCUT2D eigenvalue weighted by Gasteiger charge is 2.54. The van der Waals surface area contributed by atoms with Crippen molar-refractivity contribution in [3.05, 3.63) is 100 Å². The van der Waals surface area contributed by atoms with E-state index in [4.69, 9.17) is 23.2 Å². The van der Waals surface area contributed by atoms with Crippen molar-refractivity contribution in [2.75, 3.05) is 50.9 Å². The Bertz CT molecular complexity index is 1300. The zero-order valence-corrected chi connectivity index (χ0v) is 24.9. The van der Waals surface area contributed by atoms with Crippen molar-refractivity contribution in [3.8, 4) is 0 Å². The first-order chi connectivity index (χ1) is 20.0. The van der Waals surface area contributed by atoms with Gasteiger partial charge < -0.3 is 14.9 Å². The van der Waals surface area contributed by atoms with Crippen LogP contribution in [0.2, 0.25) is 10.0 Å². The molecule has 8 heteroatoms. The first-order valence-corrected chi connectivity index (χ1v) is 15.5. The molecule has 0 radical (unpaired) electrons. The third-order valence-electron chi connectivity index (χ3n) is 9.34. The lowest BCUT2D eigenvalue weighted by Crippen LogP contribution is -2.57. The fourth-order valence-corrected chi connectivity index (χ4v) is 7.60. The molecule has 3 aromatic carbocycles. The number of halogens is 2. The topological polar surface area (TPSA) is 50.3 Å². The highest BCUT2D eigenvalue weighted by Crippen LogP contribution is 2.44. The van der Waals surface area contributed by atoms with E-state index >= 15 is 0 Å². The van der Waals surface area contributed by atoms with Crippen LogP contribution in [0.3, 0.4) is 0 Å². The van der Waals surface area contributed by atoms with Crippen LogP contribution in [-0.2, 0) is 4.79 Å². The molecule has 6 nitrogen and oxygen atoms in total. The number of aliphatic hydroxyl groups is 1. The molecule has 0 aromatic heterocycles. The average Bonchev–Trinajstić information content (AvgIpc) is 3.57. The smallest absolute Gasteiger partial charge is 0.250 e. The summed E-state index contributed by atoms with van der Waals surface area (Å²) in [6.07, 6.45) is 3.56. The zero-order valence-electron chi connectivity index (χ0n) is 23.3. The van der Waals surface area contributed by atoms with E-state index in [1.54, 1.807) is 0 Å². The van der Waals surface area contributed by atoms with Crippen LogP contribution in [0.5, 0.6) is 0 Å². The monoisotopic (exact) mass is 592 g/mol. The largest absolute Gasteiger partial charge is 0.395 e. The summed E-state index contributed by atoms with van der Waals surface area (Å²) in [6.45, 7) is 4.70. The number of rotatable bonds is 8. The van der Waals surface area contributed by atoms with E-state index in [9.17, 15) is 9.90 Å². The number of nitrogens with zero attached hydrogens (tertiary/aromatic N) is 4. The van der Waals surface area contributed by atoms with Gasteiger partial charge in [0.1, 0.15) is 5.54 Å². The zero-order chi connectivity index (χ0) is 28.4. The number of hydrogen-bond acceptors (Lipinski definition) is 5. The summed E-state index contributed by atoms with van der Waals surface area (Å²) in [6, 6.07) is 26.4. The van der Waals surface area contributed by atoms with Crippen molar-refractivity contribution in [3.63, 3.8) is 0 Å². The molecule has 3 saturated heterocycles. The summed E-state index contributed by atoms with van der Waals surface area (Å²) in [7, 11) is 0. The van der Waals surface area contributed by atoms with Gasteiger partial charge in [0.15, 0.2) is 0 Å². The molecule has 0 unspecified atom stereocenters. The number of anilines is 1. The first kappa shape index (κ1) is 28.5. The predicted molar refractivity (Wildman–Crippen MR) is 165 cm³/mol. The number of carbonyl (C=O) groups excluding carboxylic acids is 1. The van der Waals surface area contributed by atoms with E-state index in [0.29, 0.717) is 26.1 Å². The van der Waals surface area contributed by atoms with E-state index in [1.165, 1.54) is 0 Å². The maximum absolute atomic E-state index is 14.3. The number of aliphatic hydroxyl groups excluding tert-OH is 1. The van der Waals surface area contributed by atoms with Crippen LogP contribution in [0.15, 0.2) is 78.9 Å². The lowest BCUT2D eigenvalue weighted by atomic mass is 9.83. The van der Waals surface area contributed by atoms with Crippen molar-refractivity contribution in [2.24, 2.45) is 0 Å². The van der Waals surface area contributed by atoms with E-state index in [1.807, 2.05) is 59.5 Å². The molecule has 1 N–H and O–H groups in total. The quantitative estimate of drug-likeness (QED) is 0.364. The summed E-state index contributed by atoms with van der Waals surface area (Å²) < 4.78 is 0. The molecule has 6 rings (SSSR count). The van der Waals surface area contributed by atoms with Gasteiger partial charge in [0.2, 0.25) is 5.91 Å². The van der Waals surface area contributed by atoms with Gasteiger partial charge in [0, 0.05) is 48.0 Å². The standard InChI is InChI=1S/C33H38Cl2N4O2/c34-29-14-6-4-12-27(29)31(28-13-5-7-15-30(28)35)37-19-16-33(17-20-37)32(41)38(22-21-36-18-8-11-26(36)23-40)24-39(33)25-9-2-1-3-10-25/h1-7,9-10,12-15,26,31,40H,8,11,16-24H2/t26-/m1/s1. The molecule has 1 atom stereocenters. The van der Waals surface area contributed by atoms with Crippen LogP contribution < -0.4 is 4.90 Å². The number of hydrogen-bond donors (Lipinski definition) is 1. The molecule has 3 aliphatic rings. The van der Waals surface area contributed by atoms with Crippen LogP contribution in [-0.4, -0.2) is 83.3 Å². The first-order valence-electron chi connectivity index (χ1n) is 14.7. The number of carbonyl (C=O) groups is 1. The van der Waals surface area contributed by atoms with Gasteiger partial charge in [-0.2, -0.15) is 0 Å². The summed E-state index contributed by atoms with van der Waals surface area (Å²) in [5.74, 6) is 0.216. The molecule has 0 aliphatic carbocycles. The summed E-state index contributed by atoms with van der Waals surface area (Å²) in [5, 5.41) is 11.2. The minimum atomic E-state index is -0.593. The van der Waals surface area contributed by atoms with Crippen molar-refractivity contribution in [2.45, 2.75) is 43.3 Å². The van der Waals surface area contributed by atoms with E-state index in [0.717, 1.165) is 65.9 Å². The van der Waals surface area contributed by atoms with Gasteiger partial charge in [-0.15, -0.1) is 0 Å². The van der Waals surface area contributed by atoms with Crippen LogP contribution in [0.4, 0.5) is 5.69 Å². The molecule has 1 spiro atoms. The highest BCUT2D eigenvalue weighted by molar-refractivity contribution is 6.32. The fourth-order valence-electron chi connectivity index (χ4n) is 7.13. The molecule has 0 saturated carbocycles. The molecule has 1 amide bonds. The van der Waals surface area contributed by atoms with Gasteiger partial charge in [-0.3, -0.25) is 14.6 Å². The number of amides is 1. The van der Waals surface area contributed by atoms with Crippen molar-refractivity contribution >= 4 is 34.8 Å². The second kappa shape index (κ2) is 12.3. The van der Waals surface area contributed by atoms with E-state index in [2.05, 4.69) is 39.0 Å². The molecule has 41 heavy (non-hydrogen) atoms. The molecule has 3 fully saturated rings. The third-order valence-corrected chi connectivity index (χ3v) is 10.0. The molecule has 3 heterocycles. The van der Waals surface area contributed by atoms with Gasteiger partial charge in [0.05, 0.1) is 19.3 Å². The molecule has 3 aromatic rings. The highest BCUT2D eigenvalue weighted by atomic mass is 35.5. The van der Waals surface area contributed by atoms with Crippen LogP contribution >= 0.6 is 23.2 Å². The van der Waals surface area contributed by atoms with Gasteiger partial charge >= 0.3 is 0 Å². The Labute approximate surface area is 253 Å². The maximum Gasteiger partial charge on any atom is 0.250 e. The Morgan fingerprint density at radius 2 is 1.44 bits per heavy atom. The summed E-state index contributed by atoms with van der Waals surface area (Å²) in [5.41, 5.74) is 2.55. The van der Waals surface area contributed by atoms with Gasteiger partial charge in [-0.1, -0.05) is 77.8 Å².